The van der Waals surface area contributed by atoms with Gasteiger partial charge in [-0.3, -0.25) is 4.98 Å². The predicted molar refractivity (Wildman–Crippen MR) is 59.4 cm³/mol. The van der Waals surface area contributed by atoms with E-state index in [0.29, 0.717) is 6.42 Å². The van der Waals surface area contributed by atoms with E-state index in [2.05, 4.69) is 4.98 Å². The maximum absolute atomic E-state index is 9.85. The van der Waals surface area contributed by atoms with Crippen LogP contribution in [0.15, 0.2) is 24.5 Å². The fourth-order valence-electron chi connectivity index (χ4n) is 1.45. The lowest BCUT2D eigenvalue weighted by Crippen LogP contribution is -2.38. The maximum atomic E-state index is 9.85. The zero-order valence-corrected chi connectivity index (χ0v) is 9.51. The van der Waals surface area contributed by atoms with Crippen molar-refractivity contribution >= 4 is 0 Å². The molecule has 1 heterocycles. The number of hydrogen-bond donors (Lipinski definition) is 2. The predicted octanol–water partition coefficient (Wildman–Crippen LogP) is 1.39. The fraction of sp³-hybridized carbons (Fsp3) is 0.583. The first-order valence-corrected chi connectivity index (χ1v) is 5.16. The molecule has 0 aliphatic carbocycles. The summed E-state index contributed by atoms with van der Waals surface area (Å²) in [5.74, 6) is 0. The lowest BCUT2D eigenvalue weighted by molar-refractivity contribution is -0.0434. The molecule has 2 unspecified atom stereocenters. The minimum atomic E-state index is -0.741. The van der Waals surface area contributed by atoms with Gasteiger partial charge in [0.2, 0.25) is 0 Å². The van der Waals surface area contributed by atoms with Gasteiger partial charge in [0.25, 0.3) is 0 Å². The third-order valence-electron chi connectivity index (χ3n) is 2.42. The lowest BCUT2D eigenvalue weighted by Gasteiger charge is -2.29. The van der Waals surface area contributed by atoms with Crippen molar-refractivity contribution in [3.8, 4) is 0 Å². The number of aliphatic hydroxyl groups excluding tert-OH is 2. The summed E-state index contributed by atoms with van der Waals surface area (Å²) in [5, 5.41) is 19.7. The third kappa shape index (κ3) is 3.61. The van der Waals surface area contributed by atoms with Gasteiger partial charge in [-0.15, -0.1) is 0 Å². The summed E-state index contributed by atoms with van der Waals surface area (Å²) in [5.41, 5.74) is 0.634. The number of nitrogens with zero attached hydrogens (tertiary/aromatic N) is 1. The second-order valence-electron chi connectivity index (χ2n) is 4.94. The molecule has 1 aromatic heterocycles. The Labute approximate surface area is 90.8 Å². The van der Waals surface area contributed by atoms with Crippen LogP contribution < -0.4 is 0 Å². The second-order valence-corrected chi connectivity index (χ2v) is 4.94. The Morgan fingerprint density at radius 1 is 1.33 bits per heavy atom. The van der Waals surface area contributed by atoms with E-state index in [1.165, 1.54) is 0 Å². The molecule has 0 saturated carbocycles. The van der Waals surface area contributed by atoms with Gasteiger partial charge in [0, 0.05) is 18.8 Å². The summed E-state index contributed by atoms with van der Waals surface area (Å²) < 4.78 is 0. The standard InChI is InChI=1S/C12H19NO2/c1-12(2,3)11(15)10(14)7-9-5-4-6-13-8-9/h4-6,8,10-11,14-15H,7H2,1-3H3. The van der Waals surface area contributed by atoms with Gasteiger partial charge in [0.15, 0.2) is 0 Å². The number of rotatable bonds is 3. The van der Waals surface area contributed by atoms with Gasteiger partial charge < -0.3 is 10.2 Å². The molecule has 0 amide bonds. The van der Waals surface area contributed by atoms with Crippen molar-refractivity contribution in [3.05, 3.63) is 30.1 Å². The first kappa shape index (κ1) is 12.1. The Kier molecular flexibility index (Phi) is 3.83. The van der Waals surface area contributed by atoms with Crippen LogP contribution in [-0.2, 0) is 6.42 Å². The molecular formula is C12H19NO2. The largest absolute Gasteiger partial charge is 0.390 e. The average molecular weight is 209 g/mol. The number of pyridine rings is 1. The Balaban J connectivity index is 2.60. The van der Waals surface area contributed by atoms with Crippen molar-refractivity contribution in [2.45, 2.75) is 39.4 Å². The molecule has 15 heavy (non-hydrogen) atoms. The van der Waals surface area contributed by atoms with E-state index in [1.54, 1.807) is 12.4 Å². The Bertz CT molecular complexity index is 292. The molecule has 1 rings (SSSR count). The molecule has 0 fully saturated rings. The van der Waals surface area contributed by atoms with Crippen LogP contribution in [0, 0.1) is 5.41 Å². The van der Waals surface area contributed by atoms with Gasteiger partial charge in [0.05, 0.1) is 12.2 Å². The van der Waals surface area contributed by atoms with Crippen LogP contribution in [0.25, 0.3) is 0 Å². The molecule has 2 N–H and O–H groups in total. The van der Waals surface area contributed by atoms with E-state index in [4.69, 9.17) is 0 Å². The molecule has 2 atom stereocenters. The number of hydrogen-bond acceptors (Lipinski definition) is 3. The van der Waals surface area contributed by atoms with Crippen molar-refractivity contribution in [2.24, 2.45) is 5.41 Å². The molecule has 3 heteroatoms. The zero-order valence-electron chi connectivity index (χ0n) is 9.51. The van der Waals surface area contributed by atoms with Gasteiger partial charge in [-0.05, 0) is 17.0 Å². The minimum absolute atomic E-state index is 0.304. The highest BCUT2D eigenvalue weighted by molar-refractivity contribution is 5.10. The highest BCUT2D eigenvalue weighted by Crippen LogP contribution is 2.23. The molecule has 0 aliphatic rings. The van der Waals surface area contributed by atoms with E-state index >= 15 is 0 Å². The molecule has 3 nitrogen and oxygen atoms in total. The van der Waals surface area contributed by atoms with Gasteiger partial charge in [0.1, 0.15) is 0 Å². The molecule has 1 aromatic rings. The lowest BCUT2D eigenvalue weighted by atomic mass is 9.84. The molecule has 0 aromatic carbocycles. The number of aromatic nitrogens is 1. The van der Waals surface area contributed by atoms with Crippen molar-refractivity contribution in [1.82, 2.24) is 4.98 Å². The average Bonchev–Trinajstić information content (AvgIpc) is 2.16. The van der Waals surface area contributed by atoms with Crippen LogP contribution in [0.3, 0.4) is 0 Å². The molecular weight excluding hydrogens is 190 g/mol. The van der Waals surface area contributed by atoms with Gasteiger partial charge in [-0.1, -0.05) is 26.8 Å². The first-order valence-electron chi connectivity index (χ1n) is 5.16. The Morgan fingerprint density at radius 3 is 2.47 bits per heavy atom. The summed E-state index contributed by atoms with van der Waals surface area (Å²) >= 11 is 0. The maximum Gasteiger partial charge on any atom is 0.0850 e. The Hall–Kier alpha value is -0.930. The molecule has 0 spiro atoms. The van der Waals surface area contributed by atoms with E-state index in [1.807, 2.05) is 32.9 Å². The fourth-order valence-corrected chi connectivity index (χ4v) is 1.45. The topological polar surface area (TPSA) is 53.4 Å². The molecule has 0 bridgehead atoms. The highest BCUT2D eigenvalue weighted by Gasteiger charge is 2.28. The summed E-state index contributed by atoms with van der Waals surface area (Å²) in [4.78, 5) is 3.97. The van der Waals surface area contributed by atoms with Crippen LogP contribution >= 0.6 is 0 Å². The van der Waals surface area contributed by atoms with E-state index in [9.17, 15) is 10.2 Å². The van der Waals surface area contributed by atoms with Crippen molar-refractivity contribution in [2.75, 3.05) is 0 Å². The van der Waals surface area contributed by atoms with Crippen LogP contribution in [-0.4, -0.2) is 27.4 Å². The summed E-state index contributed by atoms with van der Waals surface area (Å²) in [6, 6.07) is 3.72. The Morgan fingerprint density at radius 2 is 2.00 bits per heavy atom. The van der Waals surface area contributed by atoms with Crippen LogP contribution in [0.2, 0.25) is 0 Å². The zero-order chi connectivity index (χ0) is 11.5. The first-order chi connectivity index (χ1) is 6.91. The molecule has 0 saturated heterocycles. The van der Waals surface area contributed by atoms with Crippen molar-refractivity contribution in [1.29, 1.82) is 0 Å². The normalized spacial score (nSPS) is 16.1. The summed E-state index contributed by atoms with van der Waals surface area (Å²) in [6.07, 6.45) is 2.37. The van der Waals surface area contributed by atoms with Crippen molar-refractivity contribution < 1.29 is 10.2 Å². The van der Waals surface area contributed by atoms with E-state index in [0.717, 1.165) is 5.56 Å². The molecule has 0 radical (unpaired) electrons. The van der Waals surface area contributed by atoms with Crippen LogP contribution in [0.4, 0.5) is 0 Å². The monoisotopic (exact) mass is 209 g/mol. The van der Waals surface area contributed by atoms with Crippen molar-refractivity contribution in [3.63, 3.8) is 0 Å². The van der Waals surface area contributed by atoms with Crippen LogP contribution in [0.1, 0.15) is 26.3 Å². The highest BCUT2D eigenvalue weighted by atomic mass is 16.3. The molecule has 0 aliphatic heterocycles. The smallest absolute Gasteiger partial charge is 0.0850 e. The third-order valence-corrected chi connectivity index (χ3v) is 2.42. The van der Waals surface area contributed by atoms with E-state index < -0.39 is 12.2 Å². The SMILES string of the molecule is CC(C)(C)C(O)C(O)Cc1cccnc1. The van der Waals surface area contributed by atoms with Gasteiger partial charge >= 0.3 is 0 Å². The summed E-state index contributed by atoms with van der Waals surface area (Å²) in [7, 11) is 0. The molecule has 84 valence electrons. The van der Waals surface area contributed by atoms with E-state index in [-0.39, 0.29) is 5.41 Å². The minimum Gasteiger partial charge on any atom is -0.390 e. The number of aliphatic hydroxyl groups is 2. The second kappa shape index (κ2) is 4.73. The summed E-state index contributed by atoms with van der Waals surface area (Å²) in [6.45, 7) is 5.72. The quantitative estimate of drug-likeness (QED) is 0.791. The van der Waals surface area contributed by atoms with Gasteiger partial charge in [-0.25, -0.2) is 0 Å². The van der Waals surface area contributed by atoms with Gasteiger partial charge in [-0.2, -0.15) is 0 Å². The van der Waals surface area contributed by atoms with Crippen LogP contribution in [0.5, 0.6) is 0 Å².